The largest absolute Gasteiger partial charge is 0.384 e. The van der Waals surface area contributed by atoms with Crippen molar-refractivity contribution in [3.63, 3.8) is 0 Å². The van der Waals surface area contributed by atoms with Crippen LogP contribution in [-0.4, -0.2) is 66.7 Å². The summed E-state index contributed by atoms with van der Waals surface area (Å²) >= 11 is 0. The summed E-state index contributed by atoms with van der Waals surface area (Å²) in [6, 6.07) is 4.04. The quantitative estimate of drug-likeness (QED) is 0.313. The predicted octanol–water partition coefficient (Wildman–Crippen LogP) is 0.00560. The van der Waals surface area contributed by atoms with Crippen LogP contribution in [0, 0.1) is 5.92 Å². The van der Waals surface area contributed by atoms with Gasteiger partial charge in [-0.05, 0) is 37.8 Å². The fourth-order valence-corrected chi connectivity index (χ4v) is 4.14. The second-order valence-electron chi connectivity index (χ2n) is 8.31. The topological polar surface area (TPSA) is 137 Å². The molecule has 3 aliphatic rings. The number of unbranched alkanes of at least 4 members (excludes halogenated alkanes) is 2. The first-order valence-electron chi connectivity index (χ1n) is 11.0. The Hall–Kier alpha value is -3.27. The Morgan fingerprint density at radius 2 is 1.81 bits per heavy atom. The Labute approximate surface area is 185 Å². The van der Waals surface area contributed by atoms with Crippen molar-refractivity contribution in [3.8, 4) is 0 Å². The molecule has 0 aliphatic carbocycles. The van der Waals surface area contributed by atoms with E-state index in [2.05, 4.69) is 21.3 Å². The molecule has 0 aromatic heterocycles. The monoisotopic (exact) mass is 441 g/mol. The maximum Gasteiger partial charge on any atom is 0.264 e. The van der Waals surface area contributed by atoms with E-state index >= 15 is 0 Å². The van der Waals surface area contributed by atoms with Gasteiger partial charge in [-0.25, -0.2) is 0 Å². The minimum absolute atomic E-state index is 0.0902. The van der Waals surface area contributed by atoms with E-state index in [1.807, 2.05) is 0 Å². The molecule has 1 aromatic carbocycles. The van der Waals surface area contributed by atoms with Crippen LogP contribution in [0.3, 0.4) is 0 Å². The molecule has 0 saturated carbocycles. The number of fused-ring (bicyclic) bond motifs is 1. The lowest BCUT2D eigenvalue weighted by atomic mass is 10.0. The van der Waals surface area contributed by atoms with Crippen molar-refractivity contribution in [1.82, 2.24) is 20.9 Å². The molecule has 10 heteroatoms. The molecule has 5 amide bonds. The number of rotatable bonds is 9. The first-order valence-corrected chi connectivity index (χ1v) is 11.0. The molecular formula is C22H27N5O5. The molecule has 0 radical (unpaired) electrons. The van der Waals surface area contributed by atoms with Crippen LogP contribution in [-0.2, 0) is 14.4 Å². The van der Waals surface area contributed by atoms with E-state index in [-0.39, 0.29) is 35.8 Å². The number of benzene rings is 1. The van der Waals surface area contributed by atoms with Gasteiger partial charge in [0.15, 0.2) is 0 Å². The van der Waals surface area contributed by atoms with Crippen molar-refractivity contribution >= 4 is 35.2 Å². The summed E-state index contributed by atoms with van der Waals surface area (Å²) in [6.45, 7) is 2.75. The van der Waals surface area contributed by atoms with Crippen molar-refractivity contribution in [1.29, 1.82) is 0 Å². The summed E-state index contributed by atoms with van der Waals surface area (Å²) in [5.74, 6) is -1.85. The van der Waals surface area contributed by atoms with E-state index < -0.39 is 29.7 Å². The molecule has 3 aliphatic heterocycles. The lowest BCUT2D eigenvalue weighted by molar-refractivity contribution is -0.136. The van der Waals surface area contributed by atoms with E-state index in [0.717, 1.165) is 37.3 Å². The highest BCUT2D eigenvalue weighted by molar-refractivity contribution is 6.25. The van der Waals surface area contributed by atoms with Gasteiger partial charge in [-0.2, -0.15) is 0 Å². The van der Waals surface area contributed by atoms with Gasteiger partial charge in [-0.3, -0.25) is 34.2 Å². The van der Waals surface area contributed by atoms with Crippen molar-refractivity contribution < 1.29 is 24.0 Å². The first kappa shape index (κ1) is 21.9. The molecule has 2 fully saturated rings. The normalized spacial score (nSPS) is 20.6. The van der Waals surface area contributed by atoms with Gasteiger partial charge in [0.2, 0.25) is 17.7 Å². The molecule has 32 heavy (non-hydrogen) atoms. The number of amides is 5. The average Bonchev–Trinajstić information content (AvgIpc) is 2.97. The maximum absolute atomic E-state index is 13.0. The van der Waals surface area contributed by atoms with E-state index in [9.17, 15) is 24.0 Å². The molecule has 4 N–H and O–H groups in total. The van der Waals surface area contributed by atoms with E-state index in [1.54, 1.807) is 18.2 Å². The Balaban J connectivity index is 1.28. The maximum atomic E-state index is 13.0. The summed E-state index contributed by atoms with van der Waals surface area (Å²) in [6.07, 6.45) is 2.82. The number of carbonyl (C=O) groups is 5. The highest BCUT2D eigenvalue weighted by Crippen LogP contribution is 2.32. The van der Waals surface area contributed by atoms with Crippen LogP contribution in [0.15, 0.2) is 18.2 Å². The van der Waals surface area contributed by atoms with Crippen molar-refractivity contribution in [2.24, 2.45) is 5.92 Å². The van der Waals surface area contributed by atoms with Gasteiger partial charge in [0.25, 0.3) is 11.8 Å². The van der Waals surface area contributed by atoms with E-state index in [0.29, 0.717) is 18.8 Å². The Morgan fingerprint density at radius 3 is 2.53 bits per heavy atom. The van der Waals surface area contributed by atoms with Crippen LogP contribution in [0.5, 0.6) is 0 Å². The molecule has 4 rings (SSSR count). The van der Waals surface area contributed by atoms with Crippen molar-refractivity contribution in [2.45, 2.75) is 38.1 Å². The summed E-state index contributed by atoms with van der Waals surface area (Å²) in [7, 11) is 0. The highest BCUT2D eigenvalue weighted by Gasteiger charge is 2.45. The van der Waals surface area contributed by atoms with Crippen LogP contribution in [0.4, 0.5) is 5.69 Å². The van der Waals surface area contributed by atoms with Crippen LogP contribution >= 0.6 is 0 Å². The Bertz CT molecular complexity index is 958. The number of hydrogen-bond acceptors (Lipinski definition) is 7. The van der Waals surface area contributed by atoms with Crippen molar-refractivity contribution in [3.05, 3.63) is 29.3 Å². The van der Waals surface area contributed by atoms with E-state index in [1.165, 1.54) is 0 Å². The van der Waals surface area contributed by atoms with Gasteiger partial charge in [-0.15, -0.1) is 0 Å². The van der Waals surface area contributed by atoms with Gasteiger partial charge in [-0.1, -0.05) is 6.07 Å². The average molecular weight is 441 g/mol. The third-order valence-corrected chi connectivity index (χ3v) is 6.09. The number of carbonyl (C=O) groups excluding carboxylic acids is 5. The highest BCUT2D eigenvalue weighted by atomic mass is 16.2. The molecule has 0 bridgehead atoms. The summed E-state index contributed by atoms with van der Waals surface area (Å²) in [5.41, 5.74) is 1.09. The predicted molar refractivity (Wildman–Crippen MR) is 115 cm³/mol. The molecule has 1 atom stereocenters. The standard InChI is InChI=1S/C22H27N5O5/c28-17-8-7-16(20(30)26-17)27-21(31)14-5-4-6-15(18(14)22(27)32)24-9-2-1-3-10-25-19(29)13-11-23-12-13/h4-6,13,16,23-24H,1-3,7-12H2,(H,25,29)(H,26,28,30). The van der Waals surface area contributed by atoms with Gasteiger partial charge in [0.05, 0.1) is 17.0 Å². The Kier molecular flexibility index (Phi) is 6.50. The number of anilines is 1. The van der Waals surface area contributed by atoms with Gasteiger partial charge >= 0.3 is 0 Å². The zero-order chi connectivity index (χ0) is 22.7. The minimum Gasteiger partial charge on any atom is -0.384 e. The third-order valence-electron chi connectivity index (χ3n) is 6.09. The minimum atomic E-state index is -0.973. The molecular weight excluding hydrogens is 414 g/mol. The van der Waals surface area contributed by atoms with E-state index in [4.69, 9.17) is 0 Å². The number of nitrogens with one attached hydrogen (secondary N) is 4. The molecule has 1 unspecified atom stereocenters. The molecule has 0 spiro atoms. The van der Waals surface area contributed by atoms with Gasteiger partial charge in [0.1, 0.15) is 6.04 Å². The smallest absolute Gasteiger partial charge is 0.264 e. The number of nitrogens with zero attached hydrogens (tertiary/aromatic N) is 1. The van der Waals surface area contributed by atoms with Gasteiger partial charge in [0, 0.05) is 38.3 Å². The third kappa shape index (κ3) is 4.36. The molecule has 170 valence electrons. The molecule has 2 saturated heterocycles. The Morgan fingerprint density at radius 1 is 1.03 bits per heavy atom. The SMILES string of the molecule is O=C1CCC(N2C(=O)c3cccc(NCCCCCNC(=O)C4CNC4)c3C2=O)C(=O)N1. The molecule has 10 nitrogen and oxygen atoms in total. The summed E-state index contributed by atoms with van der Waals surface area (Å²) < 4.78 is 0. The zero-order valence-corrected chi connectivity index (χ0v) is 17.7. The second kappa shape index (κ2) is 9.47. The lowest BCUT2D eigenvalue weighted by Gasteiger charge is -2.27. The fourth-order valence-electron chi connectivity index (χ4n) is 4.14. The summed E-state index contributed by atoms with van der Waals surface area (Å²) in [5, 5.41) is 11.4. The van der Waals surface area contributed by atoms with Crippen LogP contribution in [0.25, 0.3) is 0 Å². The van der Waals surface area contributed by atoms with Crippen molar-refractivity contribution in [2.75, 3.05) is 31.5 Å². The number of piperidine rings is 1. The molecule has 3 heterocycles. The fraction of sp³-hybridized carbons (Fsp3) is 0.500. The zero-order valence-electron chi connectivity index (χ0n) is 17.7. The summed E-state index contributed by atoms with van der Waals surface area (Å²) in [4.78, 5) is 62.2. The first-order chi connectivity index (χ1) is 15.5. The second-order valence-corrected chi connectivity index (χ2v) is 8.31. The van der Waals surface area contributed by atoms with Crippen LogP contribution < -0.4 is 21.3 Å². The lowest BCUT2D eigenvalue weighted by Crippen LogP contribution is -2.54. The van der Waals surface area contributed by atoms with Gasteiger partial charge < -0.3 is 16.0 Å². The van der Waals surface area contributed by atoms with Crippen LogP contribution in [0.2, 0.25) is 0 Å². The van der Waals surface area contributed by atoms with Crippen LogP contribution in [0.1, 0.15) is 52.8 Å². The molecule has 1 aromatic rings. The number of hydrogen-bond donors (Lipinski definition) is 4. The number of imide groups is 2.